The lowest BCUT2D eigenvalue weighted by Gasteiger charge is -2.01. The molecule has 0 saturated carbocycles. The number of sulfonamides is 1. The van der Waals surface area contributed by atoms with E-state index < -0.39 is 10.0 Å². The van der Waals surface area contributed by atoms with Crippen LogP contribution >= 0.6 is 22.7 Å². The summed E-state index contributed by atoms with van der Waals surface area (Å²) in [4.78, 5) is 17.7. The quantitative estimate of drug-likeness (QED) is 0.686. The number of hydrogen-bond acceptors (Lipinski definition) is 5. The maximum absolute atomic E-state index is 12.2. The van der Waals surface area contributed by atoms with Crippen molar-refractivity contribution in [3.05, 3.63) is 45.4 Å². The molecule has 0 aliphatic heterocycles. The SMILES string of the molecule is C#CCn1c(=NC(=O)Cc2cccs2)sc2cc(S(N)(=O)=O)ccc21. The Morgan fingerprint density at radius 1 is 1.36 bits per heavy atom. The molecule has 0 radical (unpaired) electrons. The van der Waals surface area contributed by atoms with Gasteiger partial charge in [0, 0.05) is 4.88 Å². The van der Waals surface area contributed by atoms with Crippen LogP contribution in [-0.4, -0.2) is 18.9 Å². The second-order valence-electron chi connectivity index (χ2n) is 5.11. The smallest absolute Gasteiger partial charge is 0.253 e. The van der Waals surface area contributed by atoms with E-state index in [9.17, 15) is 13.2 Å². The summed E-state index contributed by atoms with van der Waals surface area (Å²) in [6.07, 6.45) is 5.62. The lowest BCUT2D eigenvalue weighted by molar-refractivity contribution is -0.117. The fourth-order valence-electron chi connectivity index (χ4n) is 2.27. The molecule has 9 heteroatoms. The van der Waals surface area contributed by atoms with E-state index in [4.69, 9.17) is 11.6 Å². The predicted octanol–water partition coefficient (Wildman–Crippen LogP) is 1.71. The van der Waals surface area contributed by atoms with Crippen LogP contribution in [-0.2, 0) is 27.8 Å². The van der Waals surface area contributed by atoms with Gasteiger partial charge in [0.25, 0.3) is 5.91 Å². The molecule has 0 bridgehead atoms. The number of benzene rings is 1. The zero-order valence-electron chi connectivity index (χ0n) is 12.9. The number of aromatic nitrogens is 1. The van der Waals surface area contributed by atoms with E-state index in [-0.39, 0.29) is 23.8 Å². The molecule has 0 saturated heterocycles. The first-order chi connectivity index (χ1) is 11.9. The summed E-state index contributed by atoms with van der Waals surface area (Å²) in [6, 6.07) is 8.24. The number of primary sulfonamides is 1. The van der Waals surface area contributed by atoms with Gasteiger partial charge < -0.3 is 4.57 Å². The molecule has 0 fully saturated rings. The summed E-state index contributed by atoms with van der Waals surface area (Å²) in [6.45, 7) is 0.222. The van der Waals surface area contributed by atoms with Gasteiger partial charge in [-0.1, -0.05) is 23.3 Å². The molecule has 0 atom stereocenters. The zero-order valence-corrected chi connectivity index (χ0v) is 15.3. The van der Waals surface area contributed by atoms with Gasteiger partial charge in [-0.3, -0.25) is 4.79 Å². The second-order valence-corrected chi connectivity index (χ2v) is 8.71. The number of nitrogens with two attached hydrogens (primary N) is 1. The minimum Gasteiger partial charge on any atom is -0.305 e. The lowest BCUT2D eigenvalue weighted by Crippen LogP contribution is -2.17. The van der Waals surface area contributed by atoms with Crippen LogP contribution in [0.15, 0.2) is 45.6 Å². The Balaban J connectivity index is 2.10. The fourth-order valence-corrected chi connectivity index (χ4v) is 4.66. The number of amides is 1. The molecule has 1 amide bonds. The summed E-state index contributed by atoms with van der Waals surface area (Å²) >= 11 is 2.69. The predicted molar refractivity (Wildman–Crippen MR) is 98.6 cm³/mol. The van der Waals surface area contributed by atoms with Crippen molar-refractivity contribution < 1.29 is 13.2 Å². The Morgan fingerprint density at radius 3 is 2.80 bits per heavy atom. The average Bonchev–Trinajstić information content (AvgIpc) is 3.15. The van der Waals surface area contributed by atoms with Crippen LogP contribution in [0.25, 0.3) is 10.2 Å². The van der Waals surface area contributed by atoms with Gasteiger partial charge in [-0.25, -0.2) is 13.6 Å². The zero-order chi connectivity index (χ0) is 18.0. The maximum atomic E-state index is 12.2. The number of thiophene rings is 1. The van der Waals surface area contributed by atoms with Crippen LogP contribution < -0.4 is 9.94 Å². The van der Waals surface area contributed by atoms with Gasteiger partial charge in [-0.15, -0.1) is 17.8 Å². The third-order valence-electron chi connectivity index (χ3n) is 3.36. The molecule has 0 spiro atoms. The number of thiazole rings is 1. The Labute approximate surface area is 152 Å². The molecule has 0 unspecified atom stereocenters. The van der Waals surface area contributed by atoms with E-state index in [0.717, 1.165) is 4.88 Å². The fraction of sp³-hybridized carbons (Fsp3) is 0.125. The summed E-state index contributed by atoms with van der Waals surface area (Å²) in [5.74, 6) is 2.24. The average molecular weight is 391 g/mol. The van der Waals surface area contributed by atoms with Crippen LogP contribution in [0, 0.1) is 12.3 Å². The van der Waals surface area contributed by atoms with Gasteiger partial charge in [-0.2, -0.15) is 4.99 Å². The highest BCUT2D eigenvalue weighted by Crippen LogP contribution is 2.21. The monoisotopic (exact) mass is 391 g/mol. The van der Waals surface area contributed by atoms with Crippen molar-refractivity contribution in [1.29, 1.82) is 0 Å². The molecule has 6 nitrogen and oxygen atoms in total. The van der Waals surface area contributed by atoms with E-state index in [1.165, 1.54) is 34.8 Å². The first-order valence-corrected chi connectivity index (χ1v) is 10.3. The highest BCUT2D eigenvalue weighted by molar-refractivity contribution is 7.89. The van der Waals surface area contributed by atoms with Crippen molar-refractivity contribution >= 4 is 48.8 Å². The summed E-state index contributed by atoms with van der Waals surface area (Å²) in [5, 5.41) is 7.07. The molecule has 1 aromatic carbocycles. The molecule has 3 rings (SSSR count). The number of hydrogen-bond donors (Lipinski definition) is 1. The van der Waals surface area contributed by atoms with E-state index in [1.54, 1.807) is 10.6 Å². The highest BCUT2D eigenvalue weighted by atomic mass is 32.2. The lowest BCUT2D eigenvalue weighted by atomic mass is 10.3. The van der Waals surface area contributed by atoms with Crippen LogP contribution in [0.2, 0.25) is 0 Å². The van der Waals surface area contributed by atoms with Crippen LogP contribution in [0.5, 0.6) is 0 Å². The Kier molecular flexibility index (Phi) is 4.87. The number of carbonyl (C=O) groups excluding carboxylic acids is 1. The third-order valence-corrected chi connectivity index (χ3v) is 6.19. The number of carbonyl (C=O) groups is 1. The van der Waals surface area contributed by atoms with Gasteiger partial charge >= 0.3 is 0 Å². The Hall–Kier alpha value is -2.25. The van der Waals surface area contributed by atoms with Crippen molar-refractivity contribution in [2.45, 2.75) is 17.9 Å². The summed E-state index contributed by atoms with van der Waals surface area (Å²) in [7, 11) is -3.81. The second kappa shape index (κ2) is 6.93. The molecular formula is C16H13N3O3S3. The molecule has 0 aliphatic rings. The number of nitrogens with zero attached hydrogens (tertiary/aromatic N) is 2. The molecule has 2 aromatic heterocycles. The van der Waals surface area contributed by atoms with Gasteiger partial charge in [-0.05, 0) is 29.6 Å². The van der Waals surface area contributed by atoms with E-state index in [2.05, 4.69) is 10.9 Å². The van der Waals surface area contributed by atoms with Crippen molar-refractivity contribution in [1.82, 2.24) is 4.57 Å². The molecule has 3 aromatic rings. The van der Waals surface area contributed by atoms with Gasteiger partial charge in [0.1, 0.15) is 0 Å². The van der Waals surface area contributed by atoms with Gasteiger partial charge in [0.2, 0.25) is 10.0 Å². The van der Waals surface area contributed by atoms with Crippen LogP contribution in [0.4, 0.5) is 0 Å². The number of terminal acetylenes is 1. The first-order valence-electron chi connectivity index (χ1n) is 7.08. The first kappa shape index (κ1) is 17.6. The summed E-state index contributed by atoms with van der Waals surface area (Å²) < 4.78 is 25.4. The Morgan fingerprint density at radius 2 is 2.16 bits per heavy atom. The third kappa shape index (κ3) is 3.88. The minimum absolute atomic E-state index is 0.00516. The van der Waals surface area contributed by atoms with Crippen molar-refractivity contribution in [2.75, 3.05) is 0 Å². The largest absolute Gasteiger partial charge is 0.305 e. The van der Waals surface area contributed by atoms with Gasteiger partial charge in [0.15, 0.2) is 4.80 Å². The van der Waals surface area contributed by atoms with Crippen molar-refractivity contribution in [3.63, 3.8) is 0 Å². The van der Waals surface area contributed by atoms with E-state index in [1.807, 2.05) is 17.5 Å². The standard InChI is InChI=1S/C16H13N3O3S3/c1-2-7-19-13-6-5-12(25(17,21)22)10-14(13)24-16(19)18-15(20)9-11-4-3-8-23-11/h1,3-6,8,10H,7,9H2,(H2,17,21,22). The molecule has 128 valence electrons. The Bertz CT molecular complexity index is 1150. The topological polar surface area (TPSA) is 94.5 Å². The van der Waals surface area contributed by atoms with Crippen molar-refractivity contribution in [3.8, 4) is 12.3 Å². The highest BCUT2D eigenvalue weighted by Gasteiger charge is 2.13. The van der Waals surface area contributed by atoms with Crippen LogP contribution in [0.1, 0.15) is 4.88 Å². The number of fused-ring (bicyclic) bond motifs is 1. The molecule has 0 aliphatic carbocycles. The normalized spacial score (nSPS) is 12.4. The van der Waals surface area contributed by atoms with Gasteiger partial charge in [0.05, 0.1) is 28.1 Å². The van der Waals surface area contributed by atoms with E-state index >= 15 is 0 Å². The molecule has 2 heterocycles. The minimum atomic E-state index is -3.81. The summed E-state index contributed by atoms with van der Waals surface area (Å²) in [5.41, 5.74) is 0.707. The molecular weight excluding hydrogens is 378 g/mol. The molecule has 2 N–H and O–H groups in total. The maximum Gasteiger partial charge on any atom is 0.253 e. The van der Waals surface area contributed by atoms with Crippen molar-refractivity contribution in [2.24, 2.45) is 10.1 Å². The van der Waals surface area contributed by atoms with Crippen LogP contribution in [0.3, 0.4) is 0 Å². The number of rotatable bonds is 4. The van der Waals surface area contributed by atoms with E-state index in [0.29, 0.717) is 15.0 Å². The molecule has 25 heavy (non-hydrogen) atoms.